The normalized spacial score (nSPS) is 15.5. The summed E-state index contributed by atoms with van der Waals surface area (Å²) >= 11 is 0. The number of carbonyl (C=O) groups excluding carboxylic acids is 2. The van der Waals surface area contributed by atoms with Crippen molar-refractivity contribution in [3.63, 3.8) is 0 Å². The van der Waals surface area contributed by atoms with Gasteiger partial charge in [-0.15, -0.1) is 0 Å². The van der Waals surface area contributed by atoms with E-state index >= 15 is 0 Å². The Labute approximate surface area is 203 Å². The molecule has 5 rings (SSSR count). The van der Waals surface area contributed by atoms with Crippen molar-refractivity contribution in [1.82, 2.24) is 14.9 Å². The van der Waals surface area contributed by atoms with E-state index in [1.807, 2.05) is 54.6 Å². The molecular weight excluding hydrogens is 440 g/mol. The van der Waals surface area contributed by atoms with Gasteiger partial charge in [-0.2, -0.15) is 0 Å². The third-order valence-corrected chi connectivity index (χ3v) is 6.26. The lowest BCUT2D eigenvalue weighted by Gasteiger charge is -2.32. The van der Waals surface area contributed by atoms with E-state index in [0.29, 0.717) is 43.2 Å². The largest absolute Gasteiger partial charge is 0.485 e. The van der Waals surface area contributed by atoms with Gasteiger partial charge in [0.05, 0.1) is 5.92 Å². The van der Waals surface area contributed by atoms with Crippen molar-refractivity contribution in [3.05, 3.63) is 96.4 Å². The average molecular weight is 467 g/mol. The third-order valence-electron chi connectivity index (χ3n) is 6.26. The van der Waals surface area contributed by atoms with E-state index in [-0.39, 0.29) is 17.7 Å². The molecule has 7 heteroatoms. The quantitative estimate of drug-likeness (QED) is 0.445. The van der Waals surface area contributed by atoms with Crippen LogP contribution in [0.4, 0.5) is 5.82 Å². The minimum absolute atomic E-state index is 0.0430. The Morgan fingerprint density at radius 3 is 2.69 bits per heavy atom. The second kappa shape index (κ2) is 10.3. The number of aromatic nitrogens is 2. The molecule has 4 aromatic rings. The van der Waals surface area contributed by atoms with Gasteiger partial charge in [-0.1, -0.05) is 36.4 Å². The zero-order chi connectivity index (χ0) is 24.0. The smallest absolute Gasteiger partial charge is 0.254 e. The Kier molecular flexibility index (Phi) is 6.66. The first-order valence-corrected chi connectivity index (χ1v) is 11.7. The minimum atomic E-state index is -0.322. The predicted octanol–water partition coefficient (Wildman–Crippen LogP) is 4.70. The number of nitrogens with zero attached hydrogens (tertiary/aromatic N) is 3. The number of amides is 2. The molecule has 0 aliphatic carbocycles. The molecule has 1 N–H and O–H groups in total. The Hall–Kier alpha value is -4.26. The molecule has 3 heterocycles. The zero-order valence-corrected chi connectivity index (χ0v) is 19.3. The van der Waals surface area contributed by atoms with E-state index in [4.69, 9.17) is 4.74 Å². The van der Waals surface area contributed by atoms with Crippen LogP contribution in [0.15, 0.2) is 85.3 Å². The van der Waals surface area contributed by atoms with E-state index in [1.54, 1.807) is 35.6 Å². The van der Waals surface area contributed by atoms with Crippen molar-refractivity contribution in [3.8, 4) is 5.75 Å². The number of likely N-dealkylation sites (tertiary alicyclic amines) is 1. The molecular formula is C28H26N4O3. The molecule has 1 fully saturated rings. The highest BCUT2D eigenvalue weighted by Gasteiger charge is 2.30. The molecule has 1 atom stereocenters. The van der Waals surface area contributed by atoms with Gasteiger partial charge in [0, 0.05) is 37.2 Å². The van der Waals surface area contributed by atoms with E-state index in [2.05, 4.69) is 15.3 Å². The molecule has 1 aliphatic heterocycles. The maximum atomic E-state index is 13.4. The number of hydrogen-bond donors (Lipinski definition) is 1. The fourth-order valence-corrected chi connectivity index (χ4v) is 4.42. The lowest BCUT2D eigenvalue weighted by atomic mass is 9.95. The summed E-state index contributed by atoms with van der Waals surface area (Å²) in [6.07, 6.45) is 6.51. The van der Waals surface area contributed by atoms with Crippen LogP contribution in [0.25, 0.3) is 10.8 Å². The summed E-state index contributed by atoms with van der Waals surface area (Å²) in [5, 5.41) is 4.87. The Morgan fingerprint density at radius 1 is 0.971 bits per heavy atom. The van der Waals surface area contributed by atoms with Crippen molar-refractivity contribution < 1.29 is 14.3 Å². The molecule has 0 spiro atoms. The van der Waals surface area contributed by atoms with Gasteiger partial charge in [0.25, 0.3) is 5.91 Å². The molecule has 176 valence electrons. The molecule has 0 saturated carbocycles. The Bertz CT molecular complexity index is 1340. The Balaban J connectivity index is 1.27. The molecule has 1 unspecified atom stereocenters. The fraction of sp³-hybridized carbons (Fsp3) is 0.214. The van der Waals surface area contributed by atoms with Gasteiger partial charge in [-0.05, 0) is 59.5 Å². The number of anilines is 1. The van der Waals surface area contributed by atoms with Crippen molar-refractivity contribution in [1.29, 1.82) is 0 Å². The number of nitrogens with one attached hydrogen (secondary N) is 1. The predicted molar refractivity (Wildman–Crippen MR) is 134 cm³/mol. The van der Waals surface area contributed by atoms with Crippen LogP contribution in [0, 0.1) is 5.92 Å². The number of fused-ring (bicyclic) bond motifs is 1. The lowest BCUT2D eigenvalue weighted by molar-refractivity contribution is -0.121. The minimum Gasteiger partial charge on any atom is -0.485 e. The highest BCUT2D eigenvalue weighted by atomic mass is 16.5. The fourth-order valence-electron chi connectivity index (χ4n) is 4.42. The van der Waals surface area contributed by atoms with Gasteiger partial charge in [0.1, 0.15) is 6.61 Å². The van der Waals surface area contributed by atoms with Gasteiger partial charge >= 0.3 is 0 Å². The Morgan fingerprint density at radius 2 is 1.80 bits per heavy atom. The number of carbonyl (C=O) groups is 2. The molecule has 2 aromatic carbocycles. The van der Waals surface area contributed by atoms with E-state index in [9.17, 15) is 9.59 Å². The average Bonchev–Trinajstić information content (AvgIpc) is 2.92. The standard InChI is InChI=1S/C28H26N4O3/c33-27(31-26-25(11-4-14-30-26)35-19-20-12-15-29-16-13-20)22-8-5-17-32(18-22)28(34)24-10-3-7-21-6-1-2-9-23(21)24/h1-4,6-7,9-16,22H,5,8,17-19H2,(H,30,31,33). The van der Waals surface area contributed by atoms with Crippen LogP contribution in [0.1, 0.15) is 28.8 Å². The number of ether oxygens (including phenoxy) is 1. The van der Waals surface area contributed by atoms with Gasteiger partial charge in [0.2, 0.25) is 5.91 Å². The molecule has 0 bridgehead atoms. The summed E-state index contributed by atoms with van der Waals surface area (Å²) in [4.78, 5) is 36.6. The second-order valence-corrected chi connectivity index (χ2v) is 8.60. The number of pyridine rings is 2. The summed E-state index contributed by atoms with van der Waals surface area (Å²) in [5.41, 5.74) is 1.64. The SMILES string of the molecule is O=C(Nc1ncccc1OCc1ccncc1)C1CCCN(C(=O)c2cccc3ccccc23)C1. The van der Waals surface area contributed by atoms with Crippen molar-refractivity contribution in [2.75, 3.05) is 18.4 Å². The first kappa shape index (κ1) is 22.5. The summed E-state index contributed by atoms with van der Waals surface area (Å²) < 4.78 is 5.90. The van der Waals surface area contributed by atoms with Crippen LogP contribution in [-0.2, 0) is 11.4 Å². The third kappa shape index (κ3) is 5.14. The van der Waals surface area contributed by atoms with Crippen molar-refractivity contribution in [2.24, 2.45) is 5.92 Å². The molecule has 7 nitrogen and oxygen atoms in total. The van der Waals surface area contributed by atoms with Crippen LogP contribution in [0.5, 0.6) is 5.75 Å². The molecule has 2 amide bonds. The van der Waals surface area contributed by atoms with Crippen LogP contribution in [-0.4, -0.2) is 39.8 Å². The van der Waals surface area contributed by atoms with Crippen LogP contribution < -0.4 is 10.1 Å². The van der Waals surface area contributed by atoms with Crippen LogP contribution in [0.2, 0.25) is 0 Å². The number of rotatable bonds is 6. The topological polar surface area (TPSA) is 84.4 Å². The van der Waals surface area contributed by atoms with Gasteiger partial charge in [-0.25, -0.2) is 4.98 Å². The number of hydrogen-bond acceptors (Lipinski definition) is 5. The van der Waals surface area contributed by atoms with Crippen LogP contribution in [0.3, 0.4) is 0 Å². The summed E-state index contributed by atoms with van der Waals surface area (Å²) in [7, 11) is 0. The van der Waals surface area contributed by atoms with E-state index in [0.717, 1.165) is 22.8 Å². The molecule has 35 heavy (non-hydrogen) atoms. The summed E-state index contributed by atoms with van der Waals surface area (Å²) in [6, 6.07) is 20.9. The maximum absolute atomic E-state index is 13.4. The molecule has 0 radical (unpaired) electrons. The molecule has 1 saturated heterocycles. The van der Waals surface area contributed by atoms with Crippen molar-refractivity contribution in [2.45, 2.75) is 19.4 Å². The molecule has 1 aliphatic rings. The van der Waals surface area contributed by atoms with Gasteiger partial charge < -0.3 is 15.0 Å². The van der Waals surface area contributed by atoms with Gasteiger partial charge in [-0.3, -0.25) is 14.6 Å². The molecule has 2 aromatic heterocycles. The highest BCUT2D eigenvalue weighted by molar-refractivity contribution is 6.07. The zero-order valence-electron chi connectivity index (χ0n) is 19.3. The second-order valence-electron chi connectivity index (χ2n) is 8.60. The summed E-state index contributed by atoms with van der Waals surface area (Å²) in [5.74, 6) is 0.352. The van der Waals surface area contributed by atoms with Gasteiger partial charge in [0.15, 0.2) is 11.6 Å². The monoisotopic (exact) mass is 466 g/mol. The van der Waals surface area contributed by atoms with Crippen LogP contribution >= 0.6 is 0 Å². The maximum Gasteiger partial charge on any atom is 0.254 e. The lowest BCUT2D eigenvalue weighted by Crippen LogP contribution is -2.43. The van der Waals surface area contributed by atoms with E-state index in [1.165, 1.54) is 0 Å². The highest BCUT2D eigenvalue weighted by Crippen LogP contribution is 2.26. The van der Waals surface area contributed by atoms with E-state index < -0.39 is 0 Å². The van der Waals surface area contributed by atoms with Crippen molar-refractivity contribution >= 4 is 28.4 Å². The first-order valence-electron chi connectivity index (χ1n) is 11.7. The first-order chi connectivity index (χ1) is 17.2. The number of piperidine rings is 1. The number of benzene rings is 2. The summed E-state index contributed by atoms with van der Waals surface area (Å²) in [6.45, 7) is 1.34.